The first-order valence-electron chi connectivity index (χ1n) is 10.2. The molecule has 26 heavy (non-hydrogen) atoms. The lowest BCUT2D eigenvalue weighted by atomic mass is 10.1. The minimum absolute atomic E-state index is 0.0235. The van der Waals surface area contributed by atoms with Gasteiger partial charge in [0.15, 0.2) is 0 Å². The minimum atomic E-state index is -0.218. The molecule has 1 aliphatic carbocycles. The van der Waals surface area contributed by atoms with Crippen LogP contribution in [0, 0.1) is 5.92 Å². The van der Waals surface area contributed by atoms with E-state index in [0.717, 1.165) is 31.6 Å². The molecule has 0 spiro atoms. The van der Waals surface area contributed by atoms with Crippen LogP contribution in [0.25, 0.3) is 0 Å². The molecule has 3 aliphatic rings. The van der Waals surface area contributed by atoms with Crippen LogP contribution in [0.3, 0.4) is 0 Å². The third kappa shape index (κ3) is 3.71. The average molecular weight is 355 g/mol. The molecule has 1 saturated carbocycles. The van der Waals surface area contributed by atoms with Gasteiger partial charge in [-0.15, -0.1) is 0 Å². The van der Waals surface area contributed by atoms with Gasteiger partial charge in [0.2, 0.25) is 11.8 Å². The Bertz CT molecular complexity index is 646. The Kier molecular flexibility index (Phi) is 5.14. The number of rotatable bonds is 4. The lowest BCUT2D eigenvalue weighted by molar-refractivity contribution is -0.129. The molecule has 0 aromatic heterocycles. The topological polar surface area (TPSA) is 52.7 Å². The van der Waals surface area contributed by atoms with Crippen LogP contribution in [-0.4, -0.2) is 42.4 Å². The van der Waals surface area contributed by atoms with Crippen molar-refractivity contribution in [3.8, 4) is 0 Å². The summed E-state index contributed by atoms with van der Waals surface area (Å²) in [5, 5.41) is 3.01. The van der Waals surface area contributed by atoms with Crippen LogP contribution >= 0.6 is 0 Å². The van der Waals surface area contributed by atoms with Crippen LogP contribution in [0.15, 0.2) is 24.3 Å². The molecular weight excluding hydrogens is 326 g/mol. The molecule has 140 valence electrons. The zero-order chi connectivity index (χ0) is 17.9. The van der Waals surface area contributed by atoms with Crippen LogP contribution in [0.1, 0.15) is 51.4 Å². The van der Waals surface area contributed by atoms with E-state index in [4.69, 9.17) is 0 Å². The van der Waals surface area contributed by atoms with Gasteiger partial charge in [-0.25, -0.2) is 0 Å². The van der Waals surface area contributed by atoms with Crippen molar-refractivity contribution in [2.75, 3.05) is 29.9 Å². The van der Waals surface area contributed by atoms with Crippen molar-refractivity contribution < 1.29 is 9.59 Å². The summed E-state index contributed by atoms with van der Waals surface area (Å²) >= 11 is 0. The molecule has 1 aromatic rings. The highest BCUT2D eigenvalue weighted by molar-refractivity contribution is 5.97. The molecule has 5 nitrogen and oxygen atoms in total. The summed E-state index contributed by atoms with van der Waals surface area (Å²) in [6, 6.07) is 8.50. The van der Waals surface area contributed by atoms with Crippen LogP contribution < -0.4 is 10.2 Å². The zero-order valence-corrected chi connectivity index (χ0v) is 15.5. The first kappa shape index (κ1) is 17.4. The molecule has 2 amide bonds. The number of carbonyl (C=O) groups excluding carboxylic acids is 2. The number of benzene rings is 1. The summed E-state index contributed by atoms with van der Waals surface area (Å²) in [6.45, 7) is 2.82. The van der Waals surface area contributed by atoms with E-state index < -0.39 is 0 Å². The van der Waals surface area contributed by atoms with Gasteiger partial charge in [-0.05, 0) is 56.4 Å². The van der Waals surface area contributed by atoms with Crippen LogP contribution in [-0.2, 0) is 9.59 Å². The summed E-state index contributed by atoms with van der Waals surface area (Å²) in [7, 11) is 0. The maximum atomic E-state index is 12.6. The van der Waals surface area contributed by atoms with E-state index in [1.165, 1.54) is 37.8 Å². The van der Waals surface area contributed by atoms with E-state index >= 15 is 0 Å². The average Bonchev–Trinajstić information content (AvgIpc) is 3.32. The quantitative estimate of drug-likeness (QED) is 0.900. The standard InChI is InChI=1S/C21H29N3O2/c25-20-14-16(15-24(20)19-6-2-3-7-19)21(26)22-17-8-10-18(11-9-17)23-12-4-1-5-13-23/h8-11,16,19H,1-7,12-15H2,(H,22,26). The molecule has 2 aliphatic heterocycles. The fraction of sp³-hybridized carbons (Fsp3) is 0.619. The number of nitrogens with zero attached hydrogens (tertiary/aromatic N) is 2. The molecule has 2 heterocycles. The number of nitrogens with one attached hydrogen (secondary N) is 1. The monoisotopic (exact) mass is 355 g/mol. The first-order chi connectivity index (χ1) is 12.7. The maximum Gasteiger partial charge on any atom is 0.229 e. The summed E-state index contributed by atoms with van der Waals surface area (Å²) in [5.74, 6) is -0.0908. The van der Waals surface area contributed by atoms with Crippen LogP contribution in [0.4, 0.5) is 11.4 Å². The number of hydrogen-bond acceptors (Lipinski definition) is 3. The van der Waals surface area contributed by atoms with Crippen molar-refractivity contribution in [1.82, 2.24) is 4.90 Å². The highest BCUT2D eigenvalue weighted by Crippen LogP contribution is 2.30. The Labute approximate surface area is 155 Å². The number of piperidine rings is 1. The molecular formula is C21H29N3O2. The SMILES string of the molecule is O=C(Nc1ccc(N2CCCCC2)cc1)C1CC(=O)N(C2CCCC2)C1. The zero-order valence-electron chi connectivity index (χ0n) is 15.5. The van der Waals surface area contributed by atoms with E-state index in [2.05, 4.69) is 22.3 Å². The van der Waals surface area contributed by atoms with Crippen molar-refractivity contribution in [2.45, 2.75) is 57.4 Å². The van der Waals surface area contributed by atoms with Gasteiger partial charge in [0.25, 0.3) is 0 Å². The van der Waals surface area contributed by atoms with Gasteiger partial charge in [0.05, 0.1) is 5.92 Å². The lowest BCUT2D eigenvalue weighted by Gasteiger charge is -2.28. The number of amides is 2. The predicted octanol–water partition coefficient (Wildman–Crippen LogP) is 3.41. The lowest BCUT2D eigenvalue weighted by Crippen LogP contribution is -2.35. The van der Waals surface area contributed by atoms with E-state index in [0.29, 0.717) is 19.0 Å². The molecule has 0 bridgehead atoms. The molecule has 1 atom stereocenters. The Morgan fingerprint density at radius 2 is 1.65 bits per heavy atom. The highest BCUT2D eigenvalue weighted by atomic mass is 16.2. The molecule has 4 rings (SSSR count). The Hall–Kier alpha value is -2.04. The van der Waals surface area contributed by atoms with Crippen molar-refractivity contribution in [3.05, 3.63) is 24.3 Å². The summed E-state index contributed by atoms with van der Waals surface area (Å²) in [6.07, 6.45) is 8.79. The van der Waals surface area contributed by atoms with E-state index in [1.54, 1.807) is 0 Å². The smallest absolute Gasteiger partial charge is 0.229 e. The summed E-state index contributed by atoms with van der Waals surface area (Å²) < 4.78 is 0. The summed E-state index contributed by atoms with van der Waals surface area (Å²) in [4.78, 5) is 29.3. The van der Waals surface area contributed by atoms with Gasteiger partial charge in [0, 0.05) is 43.5 Å². The van der Waals surface area contributed by atoms with Gasteiger partial charge in [0.1, 0.15) is 0 Å². The molecule has 3 fully saturated rings. The van der Waals surface area contributed by atoms with Gasteiger partial charge >= 0.3 is 0 Å². The normalized spacial score (nSPS) is 24.3. The number of carbonyl (C=O) groups is 2. The van der Waals surface area contributed by atoms with Gasteiger partial charge in [-0.3, -0.25) is 9.59 Å². The fourth-order valence-electron chi connectivity index (χ4n) is 4.63. The third-order valence-electron chi connectivity index (χ3n) is 6.15. The summed E-state index contributed by atoms with van der Waals surface area (Å²) in [5.41, 5.74) is 2.05. The molecule has 5 heteroatoms. The van der Waals surface area contributed by atoms with Gasteiger partial charge in [-0.2, -0.15) is 0 Å². The molecule has 1 N–H and O–H groups in total. The van der Waals surface area contributed by atoms with Gasteiger partial charge < -0.3 is 15.1 Å². The van der Waals surface area contributed by atoms with Crippen molar-refractivity contribution in [1.29, 1.82) is 0 Å². The number of hydrogen-bond donors (Lipinski definition) is 1. The predicted molar refractivity (Wildman–Crippen MR) is 103 cm³/mol. The molecule has 2 saturated heterocycles. The fourth-order valence-corrected chi connectivity index (χ4v) is 4.63. The maximum absolute atomic E-state index is 12.6. The largest absolute Gasteiger partial charge is 0.372 e. The van der Waals surface area contributed by atoms with Crippen molar-refractivity contribution in [2.24, 2.45) is 5.92 Å². The molecule has 1 aromatic carbocycles. The van der Waals surface area contributed by atoms with Crippen molar-refractivity contribution >= 4 is 23.2 Å². The van der Waals surface area contributed by atoms with Crippen molar-refractivity contribution in [3.63, 3.8) is 0 Å². The molecule has 0 radical (unpaired) electrons. The second-order valence-corrected chi connectivity index (χ2v) is 7.97. The minimum Gasteiger partial charge on any atom is -0.372 e. The Morgan fingerprint density at radius 1 is 0.962 bits per heavy atom. The number of anilines is 2. The van der Waals surface area contributed by atoms with Crippen LogP contribution in [0.2, 0.25) is 0 Å². The highest BCUT2D eigenvalue weighted by Gasteiger charge is 2.38. The second-order valence-electron chi connectivity index (χ2n) is 7.97. The van der Waals surface area contributed by atoms with E-state index in [-0.39, 0.29) is 17.7 Å². The van der Waals surface area contributed by atoms with Crippen LogP contribution in [0.5, 0.6) is 0 Å². The molecule has 1 unspecified atom stereocenters. The third-order valence-corrected chi connectivity index (χ3v) is 6.15. The van der Waals surface area contributed by atoms with E-state index in [1.807, 2.05) is 17.0 Å². The second kappa shape index (κ2) is 7.68. The Morgan fingerprint density at radius 3 is 2.35 bits per heavy atom. The van der Waals surface area contributed by atoms with Gasteiger partial charge in [-0.1, -0.05) is 12.8 Å². The van der Waals surface area contributed by atoms with E-state index in [9.17, 15) is 9.59 Å². The Balaban J connectivity index is 1.33. The number of likely N-dealkylation sites (tertiary alicyclic amines) is 1. The first-order valence-corrected chi connectivity index (χ1v) is 10.2.